The molecule has 4 rings (SSSR count). The summed E-state index contributed by atoms with van der Waals surface area (Å²) < 4.78 is 5.88. The smallest absolute Gasteiger partial charge is 0.332 e. The maximum Gasteiger partial charge on any atom is 0.332 e. The molecule has 0 spiro atoms. The average molecular weight is 409 g/mol. The lowest BCUT2D eigenvalue weighted by Gasteiger charge is -2.27. The predicted octanol–water partition coefficient (Wildman–Crippen LogP) is 5.26. The lowest BCUT2D eigenvalue weighted by molar-refractivity contribution is -0.162. The minimum atomic E-state index is -1.43. The molecule has 0 radical (unpaired) electrons. The molecule has 1 aliphatic rings. The lowest BCUT2D eigenvalue weighted by atomic mass is 9.91. The summed E-state index contributed by atoms with van der Waals surface area (Å²) in [6, 6.07) is 26.7. The van der Waals surface area contributed by atoms with E-state index in [1.165, 1.54) is 6.08 Å². The summed E-state index contributed by atoms with van der Waals surface area (Å²) in [6.45, 7) is 4.20. The third-order valence-corrected chi connectivity index (χ3v) is 5.32. The highest BCUT2D eigenvalue weighted by Gasteiger charge is 2.53. The molecule has 1 amide bonds. The summed E-state index contributed by atoms with van der Waals surface area (Å²) in [5, 5.41) is 0. The van der Waals surface area contributed by atoms with Crippen molar-refractivity contribution in [2.45, 2.75) is 18.6 Å². The van der Waals surface area contributed by atoms with E-state index in [1.807, 2.05) is 84.9 Å². The van der Waals surface area contributed by atoms with Crippen LogP contribution in [0, 0.1) is 0 Å². The second-order valence-corrected chi connectivity index (χ2v) is 7.38. The molecule has 154 valence electrons. The number of ether oxygens (including phenoxy) is 1. The Kier molecular flexibility index (Phi) is 5.80. The van der Waals surface area contributed by atoms with Gasteiger partial charge in [0.2, 0.25) is 5.60 Å². The van der Waals surface area contributed by atoms with E-state index in [0.29, 0.717) is 12.1 Å². The molecule has 1 atom stereocenters. The third-order valence-electron chi connectivity index (χ3n) is 5.32. The van der Waals surface area contributed by atoms with Gasteiger partial charge in [-0.05, 0) is 23.3 Å². The predicted molar refractivity (Wildman–Crippen MR) is 122 cm³/mol. The number of hydrogen-bond acceptors (Lipinski definition) is 3. The second-order valence-electron chi connectivity index (χ2n) is 7.38. The second kappa shape index (κ2) is 8.84. The molecule has 0 unspecified atom stereocenters. The third kappa shape index (κ3) is 4.05. The quantitative estimate of drug-likeness (QED) is 0.304. The number of carbonyl (C=O) groups excluding carboxylic acids is 2. The first-order valence-electron chi connectivity index (χ1n) is 10.2. The maximum absolute atomic E-state index is 13.7. The van der Waals surface area contributed by atoms with Crippen LogP contribution in [0.3, 0.4) is 0 Å². The van der Waals surface area contributed by atoms with Gasteiger partial charge >= 0.3 is 5.97 Å². The van der Waals surface area contributed by atoms with Crippen LogP contribution in [0.5, 0.6) is 0 Å². The van der Waals surface area contributed by atoms with Gasteiger partial charge in [-0.15, -0.1) is 6.58 Å². The molecular formula is C27H23NO3. The van der Waals surface area contributed by atoms with E-state index in [4.69, 9.17) is 4.74 Å². The van der Waals surface area contributed by atoms with E-state index in [1.54, 1.807) is 17.1 Å². The standard InChI is InChI=1S/C27H23NO3/c1-2-19-27(31-25(29)18-17-21-11-5-3-6-12-21)23-15-9-10-16-24(23)28(26(27)30)20-22-13-7-4-8-14-22/h2-18H,1,19-20H2/b18-17+/t27-/m1/s1. The topological polar surface area (TPSA) is 46.6 Å². The van der Waals surface area contributed by atoms with Crippen LogP contribution in [0.25, 0.3) is 6.08 Å². The zero-order valence-electron chi connectivity index (χ0n) is 17.1. The molecular weight excluding hydrogens is 386 g/mol. The van der Waals surface area contributed by atoms with Gasteiger partial charge in [-0.1, -0.05) is 84.9 Å². The molecule has 3 aromatic carbocycles. The Morgan fingerprint density at radius 1 is 0.935 bits per heavy atom. The minimum absolute atomic E-state index is 0.194. The van der Waals surface area contributed by atoms with Gasteiger partial charge in [0, 0.05) is 18.1 Å². The van der Waals surface area contributed by atoms with Gasteiger partial charge in [0.25, 0.3) is 5.91 Å². The average Bonchev–Trinajstić information content (AvgIpc) is 3.02. The molecule has 0 N–H and O–H groups in total. The van der Waals surface area contributed by atoms with Crippen LogP contribution >= 0.6 is 0 Å². The van der Waals surface area contributed by atoms with Gasteiger partial charge in [0.1, 0.15) is 0 Å². The number of rotatable bonds is 7. The molecule has 0 saturated carbocycles. The van der Waals surface area contributed by atoms with Crippen molar-refractivity contribution in [2.75, 3.05) is 4.90 Å². The van der Waals surface area contributed by atoms with Gasteiger partial charge in [0.15, 0.2) is 0 Å². The zero-order chi connectivity index (χ0) is 21.7. The van der Waals surface area contributed by atoms with Crippen molar-refractivity contribution in [1.82, 2.24) is 0 Å². The van der Waals surface area contributed by atoms with E-state index in [0.717, 1.165) is 16.8 Å². The van der Waals surface area contributed by atoms with E-state index >= 15 is 0 Å². The molecule has 1 heterocycles. The number of carbonyl (C=O) groups is 2. The lowest BCUT2D eigenvalue weighted by Crippen LogP contribution is -2.43. The number of amides is 1. The van der Waals surface area contributed by atoms with Crippen LogP contribution in [-0.4, -0.2) is 11.9 Å². The Morgan fingerprint density at radius 2 is 1.58 bits per heavy atom. The van der Waals surface area contributed by atoms with Crippen LogP contribution in [-0.2, 0) is 26.5 Å². The molecule has 1 aliphatic heterocycles. The summed E-state index contributed by atoms with van der Waals surface area (Å²) in [7, 11) is 0. The van der Waals surface area contributed by atoms with Crippen LogP contribution in [0.1, 0.15) is 23.1 Å². The first-order chi connectivity index (χ1) is 15.1. The monoisotopic (exact) mass is 409 g/mol. The van der Waals surface area contributed by atoms with Gasteiger partial charge in [-0.2, -0.15) is 0 Å². The highest BCUT2D eigenvalue weighted by molar-refractivity contribution is 6.08. The number of para-hydroxylation sites is 1. The molecule has 4 nitrogen and oxygen atoms in total. The molecule has 0 bridgehead atoms. The Labute approximate surface area is 182 Å². The number of hydrogen-bond donors (Lipinski definition) is 0. The normalized spacial score (nSPS) is 17.5. The number of benzene rings is 3. The highest BCUT2D eigenvalue weighted by atomic mass is 16.6. The number of esters is 1. The first kappa shape index (κ1) is 20.4. The van der Waals surface area contributed by atoms with Gasteiger partial charge in [-0.25, -0.2) is 4.79 Å². The minimum Gasteiger partial charge on any atom is -0.440 e. The van der Waals surface area contributed by atoms with E-state index in [2.05, 4.69) is 6.58 Å². The Balaban J connectivity index is 1.67. The highest BCUT2D eigenvalue weighted by Crippen LogP contribution is 2.46. The van der Waals surface area contributed by atoms with Crippen molar-refractivity contribution < 1.29 is 14.3 Å². The van der Waals surface area contributed by atoms with Gasteiger partial charge < -0.3 is 9.64 Å². The van der Waals surface area contributed by atoms with Crippen molar-refractivity contribution in [3.05, 3.63) is 120 Å². The van der Waals surface area contributed by atoms with E-state index < -0.39 is 11.6 Å². The van der Waals surface area contributed by atoms with Crippen LogP contribution in [0.15, 0.2) is 104 Å². The molecule has 0 fully saturated rings. The Bertz CT molecular complexity index is 1120. The summed E-state index contributed by atoms with van der Waals surface area (Å²) in [6.07, 6.45) is 4.85. The van der Waals surface area contributed by atoms with Crippen LogP contribution in [0.4, 0.5) is 5.69 Å². The summed E-state index contributed by atoms with van der Waals surface area (Å²) in [5.41, 5.74) is 1.87. The SMILES string of the molecule is C=CC[C@]1(OC(=O)/C=C/c2ccccc2)C(=O)N(Cc2ccccc2)c2ccccc21. The van der Waals surface area contributed by atoms with Crippen molar-refractivity contribution in [3.63, 3.8) is 0 Å². The van der Waals surface area contributed by atoms with Gasteiger partial charge in [-0.3, -0.25) is 4.79 Å². The molecule has 0 saturated heterocycles. The summed E-state index contributed by atoms with van der Waals surface area (Å²) in [4.78, 5) is 28.1. The van der Waals surface area contributed by atoms with Crippen molar-refractivity contribution >= 4 is 23.6 Å². The fourth-order valence-electron chi connectivity index (χ4n) is 3.89. The number of anilines is 1. The molecule has 4 heteroatoms. The first-order valence-corrected chi connectivity index (χ1v) is 10.2. The van der Waals surface area contributed by atoms with Crippen LogP contribution < -0.4 is 4.90 Å². The van der Waals surface area contributed by atoms with Gasteiger partial charge in [0.05, 0.1) is 12.2 Å². The Morgan fingerprint density at radius 3 is 2.29 bits per heavy atom. The molecule has 31 heavy (non-hydrogen) atoms. The molecule has 0 aromatic heterocycles. The fraction of sp³-hybridized carbons (Fsp3) is 0.111. The number of nitrogens with zero attached hydrogens (tertiary/aromatic N) is 1. The Hall–Kier alpha value is -3.92. The van der Waals surface area contributed by atoms with Crippen molar-refractivity contribution in [2.24, 2.45) is 0 Å². The molecule has 3 aromatic rings. The maximum atomic E-state index is 13.7. The fourth-order valence-corrected chi connectivity index (χ4v) is 3.89. The van der Waals surface area contributed by atoms with Crippen molar-refractivity contribution in [1.29, 1.82) is 0 Å². The number of fused-ring (bicyclic) bond motifs is 1. The largest absolute Gasteiger partial charge is 0.440 e. The van der Waals surface area contributed by atoms with E-state index in [-0.39, 0.29) is 12.3 Å². The van der Waals surface area contributed by atoms with Crippen molar-refractivity contribution in [3.8, 4) is 0 Å². The van der Waals surface area contributed by atoms with Crippen LogP contribution in [0.2, 0.25) is 0 Å². The van der Waals surface area contributed by atoms with E-state index in [9.17, 15) is 9.59 Å². The summed E-state index contributed by atoms with van der Waals surface area (Å²) >= 11 is 0. The zero-order valence-corrected chi connectivity index (χ0v) is 17.1. The summed E-state index contributed by atoms with van der Waals surface area (Å²) in [5.74, 6) is -0.839. The molecule has 0 aliphatic carbocycles.